The minimum Gasteiger partial charge on any atom is -0.378 e. The Labute approximate surface area is 254 Å². The number of nitrogens with one attached hydrogen (secondary N) is 2. The van der Waals surface area contributed by atoms with Gasteiger partial charge in [0.05, 0.1) is 11.5 Å². The van der Waals surface area contributed by atoms with Crippen molar-refractivity contribution in [2.75, 3.05) is 47.8 Å². The number of nitrogens with zero attached hydrogens (tertiary/aromatic N) is 6. The molecule has 224 valence electrons. The van der Waals surface area contributed by atoms with Crippen LogP contribution in [0.25, 0.3) is 5.70 Å². The van der Waals surface area contributed by atoms with Crippen LogP contribution in [0.1, 0.15) is 63.3 Å². The molecule has 5 rings (SSSR count). The molecule has 3 aromatic rings. The Morgan fingerprint density at radius 2 is 1.77 bits per heavy atom. The number of carbonyl (C=O) groups excluding carboxylic acids is 1. The molecule has 1 amide bonds. The minimum atomic E-state index is -0.632. The maximum Gasteiger partial charge on any atom is 0.253 e. The van der Waals surface area contributed by atoms with E-state index in [1.165, 1.54) is 11.1 Å². The lowest BCUT2D eigenvalue weighted by Gasteiger charge is -2.35. The number of H-pyrrole nitrogens is 1. The molecular weight excluding hydrogens is 536 g/mol. The van der Waals surface area contributed by atoms with Gasteiger partial charge in [-0.3, -0.25) is 4.79 Å². The maximum absolute atomic E-state index is 13.0. The number of rotatable bonds is 10. The van der Waals surface area contributed by atoms with Crippen LogP contribution in [-0.4, -0.2) is 89.7 Å². The van der Waals surface area contributed by atoms with Crippen LogP contribution in [0.2, 0.25) is 0 Å². The van der Waals surface area contributed by atoms with Crippen molar-refractivity contribution in [3.63, 3.8) is 0 Å². The lowest BCUT2D eigenvalue weighted by atomic mass is 9.69. The molecule has 1 saturated heterocycles. The average molecular weight is 579 g/mol. The van der Waals surface area contributed by atoms with Crippen LogP contribution in [0.5, 0.6) is 0 Å². The summed E-state index contributed by atoms with van der Waals surface area (Å²) in [7, 11) is 7.57. The fourth-order valence-corrected chi connectivity index (χ4v) is 6.62. The van der Waals surface area contributed by atoms with Gasteiger partial charge < -0.3 is 25.0 Å². The fourth-order valence-electron chi connectivity index (χ4n) is 6.62. The molecule has 2 aliphatic rings. The van der Waals surface area contributed by atoms with E-state index in [9.17, 15) is 10.1 Å². The van der Waals surface area contributed by atoms with E-state index in [0.717, 1.165) is 66.1 Å². The van der Waals surface area contributed by atoms with Gasteiger partial charge in [-0.2, -0.15) is 5.26 Å². The van der Waals surface area contributed by atoms with Crippen LogP contribution in [0.15, 0.2) is 61.6 Å². The first kappa shape index (κ1) is 30.1. The molecule has 1 aliphatic carbocycles. The summed E-state index contributed by atoms with van der Waals surface area (Å²) in [4.78, 5) is 22.1. The summed E-state index contributed by atoms with van der Waals surface area (Å²) in [6, 6.07) is 15.0. The Kier molecular flexibility index (Phi) is 8.69. The summed E-state index contributed by atoms with van der Waals surface area (Å²) in [6.07, 6.45) is 5.85. The third-order valence-corrected chi connectivity index (χ3v) is 8.95. The Morgan fingerprint density at radius 3 is 2.37 bits per heavy atom. The first-order valence-corrected chi connectivity index (χ1v) is 14.9. The minimum absolute atomic E-state index is 0.0165. The summed E-state index contributed by atoms with van der Waals surface area (Å²) < 4.78 is 0. The van der Waals surface area contributed by atoms with Crippen molar-refractivity contribution in [3.05, 3.63) is 101 Å². The lowest BCUT2D eigenvalue weighted by Crippen LogP contribution is -2.38. The summed E-state index contributed by atoms with van der Waals surface area (Å²) in [5.74, 6) is 0.754. The normalized spacial score (nSPS) is 19.1. The number of likely N-dealkylation sites (tertiary alicyclic amines) is 1. The molecule has 2 unspecified atom stereocenters. The van der Waals surface area contributed by atoms with Gasteiger partial charge in [-0.15, -0.1) is 10.2 Å². The van der Waals surface area contributed by atoms with Crippen molar-refractivity contribution < 1.29 is 4.79 Å². The zero-order valence-electron chi connectivity index (χ0n) is 25.8. The molecule has 0 radical (unpaired) electrons. The van der Waals surface area contributed by atoms with Gasteiger partial charge in [0, 0.05) is 58.2 Å². The van der Waals surface area contributed by atoms with Crippen molar-refractivity contribution >= 4 is 11.6 Å². The Hall–Kier alpha value is -4.42. The second-order valence-corrected chi connectivity index (χ2v) is 12.0. The highest BCUT2D eigenvalue weighted by Gasteiger charge is 2.43. The third-order valence-electron chi connectivity index (χ3n) is 8.95. The van der Waals surface area contributed by atoms with E-state index in [-0.39, 0.29) is 11.9 Å². The molecule has 0 spiro atoms. The molecule has 1 fully saturated rings. The quantitative estimate of drug-likeness (QED) is 0.351. The first-order valence-electron chi connectivity index (χ1n) is 14.9. The molecule has 0 saturated carbocycles. The smallest absolute Gasteiger partial charge is 0.253 e. The lowest BCUT2D eigenvalue weighted by molar-refractivity contribution is 0.0827. The summed E-state index contributed by atoms with van der Waals surface area (Å²) in [5.41, 5.74) is 7.68. The summed E-state index contributed by atoms with van der Waals surface area (Å²) in [6.45, 7) is 10.7. The topological polar surface area (TPSA) is 104 Å². The summed E-state index contributed by atoms with van der Waals surface area (Å²) >= 11 is 0. The average Bonchev–Trinajstić information content (AvgIpc) is 3.70. The van der Waals surface area contributed by atoms with Crippen LogP contribution in [0.4, 0.5) is 0 Å². The standard InChI is InChI=1S/C34H42N8O/c1-23(42-17-7-8-29(42)20-35)21-36-16-15-34(33-37-22-38-39-33)30-13-11-25(24(2)40(3)4)18-26(30)9-10-27-19-28(12-14-31(27)34)32(43)41(5)6/h11-14,18-19,22,29,36H,1-2,7-10,15-17,21H2,3-6H3,(H,37,38,39). The highest BCUT2D eigenvalue weighted by atomic mass is 16.2. The Balaban J connectivity index is 1.57. The van der Waals surface area contributed by atoms with Gasteiger partial charge in [0.15, 0.2) is 0 Å². The van der Waals surface area contributed by atoms with Gasteiger partial charge in [-0.1, -0.05) is 31.4 Å². The first-order chi connectivity index (χ1) is 20.7. The zero-order chi connectivity index (χ0) is 30.7. The number of fused-ring (bicyclic) bond motifs is 2. The number of benzene rings is 2. The number of hydrogen-bond donors (Lipinski definition) is 2. The molecule has 2 heterocycles. The fraction of sp³-hybridized carbons (Fsp3) is 0.412. The van der Waals surface area contributed by atoms with Crippen molar-refractivity contribution in [2.24, 2.45) is 0 Å². The molecular formula is C34H42N8O. The highest BCUT2D eigenvalue weighted by Crippen LogP contribution is 2.46. The van der Waals surface area contributed by atoms with Crippen LogP contribution in [0.3, 0.4) is 0 Å². The molecule has 1 aromatic heterocycles. The van der Waals surface area contributed by atoms with E-state index in [1.807, 2.05) is 25.1 Å². The SMILES string of the molecule is C=C(c1ccc2c(c1)CCc1cc(C(=O)N(C)C)ccc1C2(CCNCC(=C)N1CCCC1C#N)c1nnc[nH]1)N(C)C. The second-order valence-electron chi connectivity index (χ2n) is 12.0. The van der Waals surface area contributed by atoms with E-state index in [0.29, 0.717) is 25.1 Å². The zero-order valence-corrected chi connectivity index (χ0v) is 25.8. The van der Waals surface area contributed by atoms with Crippen molar-refractivity contribution in [3.8, 4) is 6.07 Å². The van der Waals surface area contributed by atoms with Crippen LogP contribution >= 0.6 is 0 Å². The van der Waals surface area contributed by atoms with Crippen molar-refractivity contribution in [1.29, 1.82) is 5.26 Å². The summed E-state index contributed by atoms with van der Waals surface area (Å²) in [5, 5.41) is 22.0. The second kappa shape index (κ2) is 12.4. The number of aromatic amines is 1. The number of nitriles is 1. The van der Waals surface area contributed by atoms with Crippen molar-refractivity contribution in [1.82, 2.24) is 35.2 Å². The molecule has 1 aliphatic heterocycles. The predicted molar refractivity (Wildman–Crippen MR) is 169 cm³/mol. The van der Waals surface area contributed by atoms with E-state index in [1.54, 1.807) is 25.3 Å². The maximum atomic E-state index is 13.0. The van der Waals surface area contributed by atoms with Gasteiger partial charge in [-0.25, -0.2) is 0 Å². The van der Waals surface area contributed by atoms with Crippen LogP contribution < -0.4 is 5.32 Å². The number of aryl methyl sites for hydroxylation is 2. The molecule has 9 heteroatoms. The third kappa shape index (κ3) is 5.67. The molecule has 2 N–H and O–H groups in total. The van der Waals surface area contributed by atoms with E-state index in [2.05, 4.69) is 75.0 Å². The van der Waals surface area contributed by atoms with Gasteiger partial charge in [0.25, 0.3) is 5.91 Å². The van der Waals surface area contributed by atoms with E-state index in [4.69, 9.17) is 0 Å². The van der Waals surface area contributed by atoms with Crippen molar-refractivity contribution in [2.45, 2.75) is 43.6 Å². The molecule has 43 heavy (non-hydrogen) atoms. The molecule has 2 aromatic carbocycles. The number of amides is 1. The van der Waals surface area contributed by atoms with Gasteiger partial charge in [-0.05, 0) is 84.7 Å². The molecule has 9 nitrogen and oxygen atoms in total. The monoisotopic (exact) mass is 578 g/mol. The van der Waals surface area contributed by atoms with Crippen LogP contribution in [-0.2, 0) is 18.3 Å². The Bertz CT molecular complexity index is 1480. The van der Waals surface area contributed by atoms with Gasteiger partial charge >= 0.3 is 0 Å². The predicted octanol–water partition coefficient (Wildman–Crippen LogP) is 3.95. The molecule has 0 bridgehead atoms. The van der Waals surface area contributed by atoms with Gasteiger partial charge in [0.2, 0.25) is 0 Å². The Morgan fingerprint density at radius 1 is 1.09 bits per heavy atom. The highest BCUT2D eigenvalue weighted by molar-refractivity contribution is 5.94. The number of aromatic nitrogens is 3. The van der Waals surface area contributed by atoms with E-state index < -0.39 is 5.41 Å². The van der Waals surface area contributed by atoms with Gasteiger partial charge in [0.1, 0.15) is 18.2 Å². The number of hydrogen-bond acceptors (Lipinski definition) is 7. The van der Waals surface area contributed by atoms with Crippen LogP contribution in [0, 0.1) is 11.3 Å². The van der Waals surface area contributed by atoms with E-state index >= 15 is 0 Å². The largest absolute Gasteiger partial charge is 0.378 e. The molecule has 2 atom stereocenters. The number of carbonyl (C=O) groups is 1.